The molecule has 10 unspecified atom stereocenters. The molecule has 44 heavy (non-hydrogen) atoms. The van der Waals surface area contributed by atoms with E-state index in [0.29, 0.717) is 38.1 Å². The summed E-state index contributed by atoms with van der Waals surface area (Å²) in [4.78, 5) is 0. The molecule has 6 N–H and O–H groups in total. The lowest BCUT2D eigenvalue weighted by Gasteiger charge is -2.58. The van der Waals surface area contributed by atoms with Gasteiger partial charge in [-0.15, -0.1) is 0 Å². The van der Waals surface area contributed by atoms with Gasteiger partial charge in [0, 0.05) is 32.8 Å². The summed E-state index contributed by atoms with van der Waals surface area (Å²) in [5, 5.41) is 6.70. The molecule has 7 nitrogen and oxygen atoms in total. The van der Waals surface area contributed by atoms with Crippen LogP contribution in [0.4, 0.5) is 0 Å². The van der Waals surface area contributed by atoms with Crippen molar-refractivity contribution in [1.29, 1.82) is 0 Å². The molecule has 0 aromatic heterocycles. The van der Waals surface area contributed by atoms with E-state index in [-0.39, 0.29) is 17.6 Å². The molecule has 3 saturated carbocycles. The molecule has 8 heteroatoms. The molecule has 0 spiro atoms. The number of hydrogen-bond acceptors (Lipinski definition) is 7. The Morgan fingerprint density at radius 3 is 2.41 bits per heavy atom. The van der Waals surface area contributed by atoms with Gasteiger partial charge in [-0.1, -0.05) is 65.5 Å². The summed E-state index contributed by atoms with van der Waals surface area (Å²) >= 11 is 0. The van der Waals surface area contributed by atoms with Crippen LogP contribution < -0.4 is 22.1 Å². The van der Waals surface area contributed by atoms with Crippen LogP contribution in [-0.2, 0) is 13.6 Å². The van der Waals surface area contributed by atoms with E-state index in [1.54, 1.807) is 12.2 Å². The molecule has 0 radical (unpaired) electrons. The Hall–Kier alpha value is -0.270. The van der Waals surface area contributed by atoms with Crippen molar-refractivity contribution in [3.05, 3.63) is 11.6 Å². The van der Waals surface area contributed by atoms with Gasteiger partial charge in [0.15, 0.2) is 0 Å². The average Bonchev–Trinajstić information content (AvgIpc) is 3.32. The first-order chi connectivity index (χ1) is 20.9. The van der Waals surface area contributed by atoms with Crippen molar-refractivity contribution in [3.8, 4) is 0 Å². The largest absolute Gasteiger partial charge is 0.330 e. The zero-order chi connectivity index (χ0) is 32.0. The normalized spacial score (nSPS) is 36.2. The average molecular weight is 637 g/mol. The number of fused-ring (bicyclic) bond motifs is 5. The Kier molecular flexibility index (Phi) is 13.5. The Balaban J connectivity index is 1.36. The number of nitrogens with one attached hydrogen (secondary N) is 2. The third kappa shape index (κ3) is 8.79. The maximum absolute atomic E-state index is 13.7. The number of rotatable bonds is 18. The summed E-state index contributed by atoms with van der Waals surface area (Å²) in [5.74, 6) is 5.03. The number of hydrogen-bond donors (Lipinski definition) is 4. The third-order valence-corrected chi connectivity index (χ3v) is 13.9. The van der Waals surface area contributed by atoms with E-state index in [0.717, 1.165) is 67.7 Å². The van der Waals surface area contributed by atoms with Crippen molar-refractivity contribution in [2.75, 3.05) is 45.9 Å². The maximum Gasteiger partial charge on any atom is 0.328 e. The van der Waals surface area contributed by atoms with Gasteiger partial charge in [-0.3, -0.25) is 4.57 Å². The van der Waals surface area contributed by atoms with Crippen LogP contribution in [0.1, 0.15) is 112 Å². The van der Waals surface area contributed by atoms with Crippen LogP contribution in [-0.4, -0.2) is 58.1 Å². The molecule has 4 rings (SSSR count). The quantitative estimate of drug-likeness (QED) is 0.0721. The first-order valence-corrected chi connectivity index (χ1v) is 20.4. The molecule has 3 fully saturated rings. The van der Waals surface area contributed by atoms with Gasteiger partial charge in [-0.05, 0) is 117 Å². The highest BCUT2D eigenvalue weighted by Gasteiger charge is 2.59. The van der Waals surface area contributed by atoms with Crippen LogP contribution in [0.25, 0.3) is 0 Å². The van der Waals surface area contributed by atoms with Crippen LogP contribution in [0.3, 0.4) is 0 Å². The van der Waals surface area contributed by atoms with Gasteiger partial charge in [0.25, 0.3) is 0 Å². The molecule has 0 aromatic rings. The molecule has 0 heterocycles. The Labute approximate surface area is 270 Å². The van der Waals surface area contributed by atoms with Crippen molar-refractivity contribution in [3.63, 3.8) is 0 Å². The predicted molar refractivity (Wildman–Crippen MR) is 185 cm³/mol. The Morgan fingerprint density at radius 2 is 1.70 bits per heavy atom. The molecule has 4 aliphatic carbocycles. The van der Waals surface area contributed by atoms with Crippen LogP contribution in [0, 0.1) is 46.3 Å². The number of nitrogens with two attached hydrogens (primary N) is 2. The summed E-state index contributed by atoms with van der Waals surface area (Å²) in [6.07, 6.45) is 17.2. The summed E-state index contributed by atoms with van der Waals surface area (Å²) in [6, 6.07) is 0. The van der Waals surface area contributed by atoms with Gasteiger partial charge in [0.05, 0.1) is 12.2 Å². The number of allylic oxidation sites excluding steroid dienone is 1. The molecule has 0 saturated heterocycles. The van der Waals surface area contributed by atoms with E-state index in [9.17, 15) is 4.57 Å². The van der Waals surface area contributed by atoms with Gasteiger partial charge in [0.2, 0.25) is 0 Å². The van der Waals surface area contributed by atoms with E-state index in [2.05, 4.69) is 51.3 Å². The van der Waals surface area contributed by atoms with Gasteiger partial charge in [0.1, 0.15) is 0 Å². The zero-order valence-corrected chi connectivity index (χ0v) is 30.1. The van der Waals surface area contributed by atoms with Crippen molar-refractivity contribution in [2.24, 2.45) is 57.8 Å². The SMILES string of the molecule is CC(C)CCCC(C)C1CCC2C3CC=C4CC(OP(C)(=O)OC(CNCCN)CNCCCN)CCC4(C)C3CCC12C. The van der Waals surface area contributed by atoms with Gasteiger partial charge >= 0.3 is 7.60 Å². The van der Waals surface area contributed by atoms with Crippen LogP contribution in [0.2, 0.25) is 0 Å². The van der Waals surface area contributed by atoms with E-state index in [1.165, 1.54) is 51.4 Å². The molecule has 256 valence electrons. The lowest BCUT2D eigenvalue weighted by Crippen LogP contribution is -2.51. The minimum Gasteiger partial charge on any atom is -0.330 e. The van der Waals surface area contributed by atoms with Gasteiger partial charge in [-0.25, -0.2) is 0 Å². The summed E-state index contributed by atoms with van der Waals surface area (Å²) in [7, 11) is -3.24. The smallest absolute Gasteiger partial charge is 0.328 e. The monoisotopic (exact) mass is 637 g/mol. The van der Waals surface area contributed by atoms with Crippen LogP contribution in [0.15, 0.2) is 11.6 Å². The highest BCUT2D eigenvalue weighted by atomic mass is 31.2. The molecule has 0 bridgehead atoms. The topological polar surface area (TPSA) is 112 Å². The minimum absolute atomic E-state index is 0.0408. The summed E-state index contributed by atoms with van der Waals surface area (Å²) in [5.41, 5.74) is 13.6. The molecular weight excluding hydrogens is 567 g/mol. The Morgan fingerprint density at radius 1 is 0.955 bits per heavy atom. The lowest BCUT2D eigenvalue weighted by atomic mass is 9.47. The summed E-state index contributed by atoms with van der Waals surface area (Å²) < 4.78 is 26.2. The van der Waals surface area contributed by atoms with Crippen LogP contribution in [0.5, 0.6) is 0 Å². The maximum atomic E-state index is 13.7. The van der Waals surface area contributed by atoms with Gasteiger partial charge in [-0.2, -0.15) is 0 Å². The lowest BCUT2D eigenvalue weighted by molar-refractivity contribution is -0.0566. The van der Waals surface area contributed by atoms with Crippen molar-refractivity contribution in [2.45, 2.75) is 124 Å². The molecule has 0 aliphatic heterocycles. The van der Waals surface area contributed by atoms with Crippen molar-refractivity contribution < 1.29 is 13.6 Å². The molecule has 10 atom stereocenters. The predicted octanol–water partition coefficient (Wildman–Crippen LogP) is 7.11. The van der Waals surface area contributed by atoms with E-state index >= 15 is 0 Å². The minimum atomic E-state index is -3.24. The summed E-state index contributed by atoms with van der Waals surface area (Å²) in [6.45, 7) is 18.1. The highest BCUT2D eigenvalue weighted by Crippen LogP contribution is 2.67. The fourth-order valence-electron chi connectivity index (χ4n) is 10.3. The molecule has 4 aliphatic rings. The first-order valence-electron chi connectivity index (χ1n) is 18.4. The van der Waals surface area contributed by atoms with Crippen molar-refractivity contribution >= 4 is 7.60 Å². The second kappa shape index (κ2) is 16.2. The highest BCUT2D eigenvalue weighted by molar-refractivity contribution is 7.53. The third-order valence-electron chi connectivity index (χ3n) is 12.6. The van der Waals surface area contributed by atoms with Gasteiger partial charge < -0.3 is 31.1 Å². The standard InChI is InChI=1S/C36H69N4O3P/c1-26(2)9-7-10-27(3)32-13-14-33-31-12-11-28-23-29(15-17-35(28,4)34(31)16-18-36(32,33)5)42-44(6,41)43-30(25-40-22-20-38)24-39-21-8-19-37/h11,26-27,29-34,39-40H,7-10,12-25,37-38H2,1-6H3. The molecular formula is C36H69N4O3P. The van der Waals surface area contributed by atoms with E-state index in [4.69, 9.17) is 20.5 Å². The first kappa shape index (κ1) is 36.6. The fraction of sp³-hybridized carbons (Fsp3) is 0.944. The molecule has 0 amide bonds. The zero-order valence-electron chi connectivity index (χ0n) is 29.3. The van der Waals surface area contributed by atoms with E-state index < -0.39 is 7.60 Å². The van der Waals surface area contributed by atoms with Crippen LogP contribution >= 0.6 is 7.60 Å². The van der Waals surface area contributed by atoms with Crippen molar-refractivity contribution in [1.82, 2.24) is 10.6 Å². The van der Waals surface area contributed by atoms with E-state index in [1.807, 2.05) is 0 Å². The second-order valence-corrected chi connectivity index (χ2v) is 18.1. The Bertz CT molecular complexity index is 977. The second-order valence-electron chi connectivity index (χ2n) is 16.1. The molecule has 0 aromatic carbocycles. The fourth-order valence-corrected chi connectivity index (χ4v) is 11.8.